The highest BCUT2D eigenvalue weighted by Crippen LogP contribution is 2.16. The van der Waals surface area contributed by atoms with E-state index in [0.717, 1.165) is 39.1 Å². The number of ether oxygens (including phenoxy) is 1. The van der Waals surface area contributed by atoms with Gasteiger partial charge in [0, 0.05) is 44.1 Å². The molecule has 0 bridgehead atoms. The van der Waals surface area contributed by atoms with Gasteiger partial charge in [-0.05, 0) is 49.4 Å². The van der Waals surface area contributed by atoms with E-state index in [1.54, 1.807) is 31.4 Å². The topological polar surface area (TPSA) is 73.9 Å². The zero-order valence-corrected chi connectivity index (χ0v) is 16.8. The van der Waals surface area contributed by atoms with Gasteiger partial charge in [-0.1, -0.05) is 18.2 Å². The number of hydrogen-bond acceptors (Lipinski definition) is 5. The van der Waals surface area contributed by atoms with E-state index in [0.29, 0.717) is 18.0 Å². The zero-order chi connectivity index (χ0) is 20.5. The summed E-state index contributed by atoms with van der Waals surface area (Å²) in [7, 11) is 1.57. The molecule has 0 unspecified atom stereocenters. The largest absolute Gasteiger partial charge is 0.497 e. The van der Waals surface area contributed by atoms with Crippen LogP contribution in [0.3, 0.4) is 0 Å². The van der Waals surface area contributed by atoms with E-state index in [9.17, 15) is 9.59 Å². The highest BCUT2D eigenvalue weighted by molar-refractivity contribution is 6.39. The van der Waals surface area contributed by atoms with Crippen molar-refractivity contribution in [3.8, 4) is 5.75 Å². The van der Waals surface area contributed by atoms with Crippen LogP contribution in [-0.4, -0.2) is 63.1 Å². The maximum atomic E-state index is 12.0. The molecule has 1 aliphatic rings. The van der Waals surface area contributed by atoms with Gasteiger partial charge >= 0.3 is 11.8 Å². The number of hydrogen-bond donors (Lipinski definition) is 2. The van der Waals surface area contributed by atoms with E-state index in [-0.39, 0.29) is 0 Å². The molecule has 7 heteroatoms. The molecule has 0 aliphatic carbocycles. The molecule has 1 fully saturated rings. The molecule has 2 aromatic carbocycles. The van der Waals surface area contributed by atoms with Crippen molar-refractivity contribution in [1.82, 2.24) is 10.2 Å². The molecular formula is C22H28N4O3. The maximum absolute atomic E-state index is 12.0. The summed E-state index contributed by atoms with van der Waals surface area (Å²) in [5.41, 5.74) is 1.82. The first kappa shape index (κ1) is 20.7. The Bertz CT molecular complexity index is 787. The number of methoxy groups -OCH3 is 1. The third-order valence-electron chi connectivity index (χ3n) is 4.98. The number of carbonyl (C=O) groups is 2. The first-order chi connectivity index (χ1) is 14.2. The third kappa shape index (κ3) is 6.22. The molecule has 0 spiro atoms. The lowest BCUT2D eigenvalue weighted by atomic mass is 10.2. The van der Waals surface area contributed by atoms with Crippen molar-refractivity contribution in [3.05, 3.63) is 54.6 Å². The van der Waals surface area contributed by atoms with Gasteiger partial charge in [-0.3, -0.25) is 14.5 Å². The highest BCUT2D eigenvalue weighted by Gasteiger charge is 2.17. The molecule has 2 aromatic rings. The van der Waals surface area contributed by atoms with Gasteiger partial charge in [0.25, 0.3) is 0 Å². The Hall–Kier alpha value is -3.06. The standard InChI is InChI=1S/C22H28N4O3/c1-29-20-10-8-18(9-11-20)24-22(28)21(27)23-12-5-13-25-14-16-26(17-15-25)19-6-3-2-4-7-19/h2-4,6-11H,5,12-17H2,1H3,(H,23,27)(H,24,28). The van der Waals surface area contributed by atoms with E-state index < -0.39 is 11.8 Å². The molecule has 0 aromatic heterocycles. The summed E-state index contributed by atoms with van der Waals surface area (Å²) in [4.78, 5) is 28.7. The SMILES string of the molecule is COc1ccc(NC(=O)C(=O)NCCCN2CCN(c3ccccc3)CC2)cc1. The summed E-state index contributed by atoms with van der Waals surface area (Å²) in [6, 6.07) is 17.3. The molecule has 3 rings (SSSR count). The minimum absolute atomic E-state index is 0.480. The Labute approximate surface area is 171 Å². The van der Waals surface area contributed by atoms with E-state index >= 15 is 0 Å². The van der Waals surface area contributed by atoms with E-state index in [1.165, 1.54) is 5.69 Å². The number of piperazine rings is 1. The van der Waals surface area contributed by atoms with Crippen LogP contribution in [0, 0.1) is 0 Å². The molecule has 0 atom stereocenters. The van der Waals surface area contributed by atoms with Crippen molar-refractivity contribution >= 4 is 23.2 Å². The predicted molar refractivity (Wildman–Crippen MR) is 114 cm³/mol. The van der Waals surface area contributed by atoms with Gasteiger partial charge in [0.15, 0.2) is 0 Å². The lowest BCUT2D eigenvalue weighted by molar-refractivity contribution is -0.136. The summed E-state index contributed by atoms with van der Waals surface area (Å²) in [6.45, 7) is 5.39. The Morgan fingerprint density at radius 2 is 1.62 bits per heavy atom. The van der Waals surface area contributed by atoms with Gasteiger partial charge in [-0.2, -0.15) is 0 Å². The Morgan fingerprint density at radius 3 is 2.28 bits per heavy atom. The van der Waals surface area contributed by atoms with E-state index in [1.807, 2.05) is 6.07 Å². The lowest BCUT2D eigenvalue weighted by Crippen LogP contribution is -2.47. The number of amides is 2. The summed E-state index contributed by atoms with van der Waals surface area (Å²) < 4.78 is 5.07. The molecule has 2 N–H and O–H groups in total. The Morgan fingerprint density at radius 1 is 0.931 bits per heavy atom. The Kier molecular flexibility index (Phi) is 7.47. The van der Waals surface area contributed by atoms with Gasteiger partial charge in [0.2, 0.25) is 0 Å². The van der Waals surface area contributed by atoms with Crippen molar-refractivity contribution in [3.63, 3.8) is 0 Å². The predicted octanol–water partition coefficient (Wildman–Crippen LogP) is 1.96. The van der Waals surface area contributed by atoms with Gasteiger partial charge in [-0.15, -0.1) is 0 Å². The number of benzene rings is 2. The van der Waals surface area contributed by atoms with Gasteiger partial charge in [0.05, 0.1) is 7.11 Å². The number of nitrogens with one attached hydrogen (secondary N) is 2. The summed E-state index contributed by atoms with van der Waals surface area (Å²) in [5.74, 6) is -0.585. The molecule has 2 amide bonds. The van der Waals surface area contributed by atoms with Crippen molar-refractivity contribution in [2.45, 2.75) is 6.42 Å². The second kappa shape index (κ2) is 10.5. The molecule has 29 heavy (non-hydrogen) atoms. The summed E-state index contributed by atoms with van der Waals surface area (Å²) in [5, 5.41) is 5.27. The maximum Gasteiger partial charge on any atom is 0.313 e. The van der Waals surface area contributed by atoms with Crippen LogP contribution in [0.2, 0.25) is 0 Å². The normalized spacial score (nSPS) is 14.3. The van der Waals surface area contributed by atoms with Crippen molar-refractivity contribution in [2.24, 2.45) is 0 Å². The average molecular weight is 396 g/mol. The number of anilines is 2. The van der Waals surface area contributed by atoms with Crippen molar-refractivity contribution in [2.75, 3.05) is 56.6 Å². The van der Waals surface area contributed by atoms with Crippen molar-refractivity contribution in [1.29, 1.82) is 0 Å². The molecule has 7 nitrogen and oxygen atoms in total. The summed E-state index contributed by atoms with van der Waals surface area (Å²) in [6.07, 6.45) is 0.812. The minimum atomic E-state index is -0.661. The average Bonchev–Trinajstić information content (AvgIpc) is 2.78. The van der Waals surface area contributed by atoms with Crippen LogP contribution in [0.15, 0.2) is 54.6 Å². The second-order valence-corrected chi connectivity index (χ2v) is 6.96. The summed E-state index contributed by atoms with van der Waals surface area (Å²) >= 11 is 0. The first-order valence-corrected chi connectivity index (χ1v) is 9.91. The van der Waals surface area contributed by atoms with Crippen LogP contribution in [0.4, 0.5) is 11.4 Å². The second-order valence-electron chi connectivity index (χ2n) is 6.96. The van der Waals surface area contributed by atoms with Crippen LogP contribution in [-0.2, 0) is 9.59 Å². The van der Waals surface area contributed by atoms with Gasteiger partial charge < -0.3 is 20.3 Å². The number of carbonyl (C=O) groups excluding carboxylic acids is 2. The molecule has 0 radical (unpaired) electrons. The number of para-hydroxylation sites is 1. The van der Waals surface area contributed by atoms with Crippen LogP contribution < -0.4 is 20.3 Å². The quantitative estimate of drug-likeness (QED) is 0.553. The van der Waals surface area contributed by atoms with Crippen LogP contribution >= 0.6 is 0 Å². The van der Waals surface area contributed by atoms with E-state index in [4.69, 9.17) is 4.74 Å². The minimum Gasteiger partial charge on any atom is -0.497 e. The first-order valence-electron chi connectivity index (χ1n) is 9.91. The fourth-order valence-corrected chi connectivity index (χ4v) is 3.32. The van der Waals surface area contributed by atoms with Gasteiger partial charge in [-0.25, -0.2) is 0 Å². The van der Waals surface area contributed by atoms with Crippen LogP contribution in [0.1, 0.15) is 6.42 Å². The number of rotatable bonds is 7. The zero-order valence-electron chi connectivity index (χ0n) is 16.8. The molecular weight excluding hydrogens is 368 g/mol. The Balaban J connectivity index is 1.31. The van der Waals surface area contributed by atoms with Crippen LogP contribution in [0.25, 0.3) is 0 Å². The van der Waals surface area contributed by atoms with Crippen molar-refractivity contribution < 1.29 is 14.3 Å². The lowest BCUT2D eigenvalue weighted by Gasteiger charge is -2.36. The molecule has 1 aliphatic heterocycles. The highest BCUT2D eigenvalue weighted by atomic mass is 16.5. The fourth-order valence-electron chi connectivity index (χ4n) is 3.32. The van der Waals surface area contributed by atoms with E-state index in [2.05, 4.69) is 44.7 Å². The third-order valence-corrected chi connectivity index (χ3v) is 4.98. The monoisotopic (exact) mass is 396 g/mol. The molecule has 0 saturated carbocycles. The fraction of sp³-hybridized carbons (Fsp3) is 0.364. The smallest absolute Gasteiger partial charge is 0.313 e. The molecule has 1 heterocycles. The van der Waals surface area contributed by atoms with Gasteiger partial charge in [0.1, 0.15) is 5.75 Å². The number of nitrogens with zero attached hydrogens (tertiary/aromatic N) is 2. The molecule has 154 valence electrons. The van der Waals surface area contributed by atoms with Crippen LogP contribution in [0.5, 0.6) is 5.75 Å². The molecule has 1 saturated heterocycles.